The number of hydrogen-bond donors (Lipinski definition) is 2. The third-order valence-corrected chi connectivity index (χ3v) is 5.15. The fraction of sp³-hybridized carbons (Fsp3) is 0.150. The zero-order chi connectivity index (χ0) is 18.1. The highest BCUT2D eigenvalue weighted by Gasteiger charge is 2.12. The molecule has 0 aliphatic heterocycles. The van der Waals surface area contributed by atoms with E-state index in [1.54, 1.807) is 0 Å². The third-order valence-electron chi connectivity index (χ3n) is 4.29. The quantitative estimate of drug-likeness (QED) is 0.419. The van der Waals surface area contributed by atoms with E-state index in [0.717, 1.165) is 33.5 Å². The minimum atomic E-state index is 0.0218. The Morgan fingerprint density at radius 1 is 1.12 bits per heavy atom. The molecule has 0 amide bonds. The second-order valence-corrected chi connectivity index (χ2v) is 7.20. The molecule has 0 radical (unpaired) electrons. The molecule has 2 N–H and O–H groups in total. The van der Waals surface area contributed by atoms with Crippen LogP contribution in [0.4, 0.5) is 10.8 Å². The summed E-state index contributed by atoms with van der Waals surface area (Å²) in [6, 6.07) is 16.0. The number of nitrogens with one attached hydrogen (secondary N) is 1. The van der Waals surface area contributed by atoms with Crippen molar-refractivity contribution in [1.29, 1.82) is 0 Å². The number of benzene rings is 2. The van der Waals surface area contributed by atoms with Crippen molar-refractivity contribution in [3.63, 3.8) is 0 Å². The lowest BCUT2D eigenvalue weighted by atomic mass is 10.1. The first-order valence-electron chi connectivity index (χ1n) is 8.44. The van der Waals surface area contributed by atoms with Gasteiger partial charge in [-0.05, 0) is 31.0 Å². The van der Waals surface area contributed by atoms with E-state index < -0.39 is 0 Å². The third kappa shape index (κ3) is 2.99. The lowest BCUT2D eigenvalue weighted by molar-refractivity contribution is 0.459. The predicted octanol–water partition coefficient (Wildman–Crippen LogP) is 6.28. The van der Waals surface area contributed by atoms with Crippen molar-refractivity contribution in [1.82, 2.24) is 9.97 Å². The van der Waals surface area contributed by atoms with E-state index in [0.29, 0.717) is 10.8 Å². The van der Waals surface area contributed by atoms with E-state index in [4.69, 9.17) is 0 Å². The Kier molecular flexibility index (Phi) is 4.26. The molecule has 0 fully saturated rings. The molecule has 4 aromatic rings. The SMILES string of the molecule is CCc1ccc2[nH]c(O)c(N=Nc3nc(-c4ccccc4)c(C)s3)c2c1. The molecule has 0 saturated carbocycles. The van der Waals surface area contributed by atoms with Crippen LogP contribution in [-0.2, 0) is 6.42 Å². The molecular weight excluding hydrogens is 344 g/mol. The number of aromatic nitrogens is 2. The smallest absolute Gasteiger partial charge is 0.230 e. The van der Waals surface area contributed by atoms with Crippen LogP contribution in [0.1, 0.15) is 17.4 Å². The van der Waals surface area contributed by atoms with E-state index in [-0.39, 0.29) is 5.88 Å². The van der Waals surface area contributed by atoms with Crippen LogP contribution in [0.3, 0.4) is 0 Å². The topological polar surface area (TPSA) is 73.6 Å². The Morgan fingerprint density at radius 3 is 2.69 bits per heavy atom. The van der Waals surface area contributed by atoms with E-state index in [1.807, 2.05) is 55.5 Å². The Morgan fingerprint density at radius 2 is 1.92 bits per heavy atom. The van der Waals surface area contributed by atoms with Crippen molar-refractivity contribution in [2.24, 2.45) is 10.2 Å². The van der Waals surface area contributed by atoms with E-state index in [2.05, 4.69) is 27.1 Å². The molecule has 2 aromatic carbocycles. The molecule has 5 nitrogen and oxygen atoms in total. The Bertz CT molecular complexity index is 1100. The highest BCUT2D eigenvalue weighted by Crippen LogP contribution is 2.38. The summed E-state index contributed by atoms with van der Waals surface area (Å²) in [7, 11) is 0. The van der Waals surface area contributed by atoms with Gasteiger partial charge in [-0.2, -0.15) is 0 Å². The molecule has 26 heavy (non-hydrogen) atoms. The fourth-order valence-electron chi connectivity index (χ4n) is 2.91. The highest BCUT2D eigenvalue weighted by atomic mass is 32.1. The van der Waals surface area contributed by atoms with Crippen LogP contribution in [0.15, 0.2) is 58.8 Å². The molecule has 6 heteroatoms. The van der Waals surface area contributed by atoms with Crippen molar-refractivity contribution in [2.45, 2.75) is 20.3 Å². The maximum Gasteiger partial charge on any atom is 0.230 e. The van der Waals surface area contributed by atoms with Gasteiger partial charge in [0.15, 0.2) is 5.69 Å². The van der Waals surface area contributed by atoms with Gasteiger partial charge in [-0.15, -0.1) is 10.2 Å². The van der Waals surface area contributed by atoms with E-state index >= 15 is 0 Å². The van der Waals surface area contributed by atoms with Crippen molar-refractivity contribution in [3.8, 4) is 17.1 Å². The fourth-order valence-corrected chi connectivity index (χ4v) is 3.67. The molecule has 0 unspecified atom stereocenters. The summed E-state index contributed by atoms with van der Waals surface area (Å²) in [5.41, 5.74) is 4.45. The molecule has 130 valence electrons. The summed E-state index contributed by atoms with van der Waals surface area (Å²) in [5.74, 6) is 0.0218. The summed E-state index contributed by atoms with van der Waals surface area (Å²) in [6.45, 7) is 4.12. The Hall–Kier alpha value is -2.99. The maximum absolute atomic E-state index is 10.2. The number of aryl methyl sites for hydroxylation is 2. The molecule has 0 spiro atoms. The van der Waals surface area contributed by atoms with Gasteiger partial charge < -0.3 is 10.1 Å². The monoisotopic (exact) mass is 362 g/mol. The zero-order valence-corrected chi connectivity index (χ0v) is 15.3. The van der Waals surface area contributed by atoms with Gasteiger partial charge in [0.05, 0.1) is 11.2 Å². The number of aromatic hydroxyl groups is 1. The number of H-pyrrole nitrogens is 1. The number of hydrogen-bond acceptors (Lipinski definition) is 5. The van der Waals surface area contributed by atoms with Gasteiger partial charge in [0, 0.05) is 15.8 Å². The van der Waals surface area contributed by atoms with Crippen LogP contribution in [0.5, 0.6) is 5.88 Å². The van der Waals surface area contributed by atoms with Crippen LogP contribution in [0, 0.1) is 6.92 Å². The molecule has 2 aromatic heterocycles. The highest BCUT2D eigenvalue weighted by molar-refractivity contribution is 7.15. The molecular formula is C20H18N4OS. The first kappa shape index (κ1) is 16.5. The first-order chi connectivity index (χ1) is 12.7. The largest absolute Gasteiger partial charge is 0.493 e. The average molecular weight is 362 g/mol. The second-order valence-electron chi connectivity index (χ2n) is 6.02. The van der Waals surface area contributed by atoms with Gasteiger partial charge in [0.25, 0.3) is 0 Å². The van der Waals surface area contributed by atoms with Gasteiger partial charge in [-0.25, -0.2) is 4.98 Å². The molecule has 2 heterocycles. The van der Waals surface area contributed by atoms with Crippen molar-refractivity contribution in [3.05, 3.63) is 59.0 Å². The van der Waals surface area contributed by atoms with E-state index in [1.165, 1.54) is 16.9 Å². The van der Waals surface area contributed by atoms with Crippen molar-refractivity contribution >= 4 is 33.1 Å². The maximum atomic E-state index is 10.2. The minimum absolute atomic E-state index is 0.0218. The minimum Gasteiger partial charge on any atom is -0.493 e. The lowest BCUT2D eigenvalue weighted by Gasteiger charge is -1.96. The van der Waals surface area contributed by atoms with Crippen LogP contribution in [-0.4, -0.2) is 15.1 Å². The average Bonchev–Trinajstić information content (AvgIpc) is 3.19. The summed E-state index contributed by atoms with van der Waals surface area (Å²) in [4.78, 5) is 8.62. The van der Waals surface area contributed by atoms with Crippen LogP contribution >= 0.6 is 11.3 Å². The number of nitrogens with zero attached hydrogens (tertiary/aromatic N) is 3. The Labute approximate surface area is 155 Å². The first-order valence-corrected chi connectivity index (χ1v) is 9.25. The van der Waals surface area contributed by atoms with Gasteiger partial charge in [0.1, 0.15) is 0 Å². The number of azo groups is 1. The lowest BCUT2D eigenvalue weighted by Crippen LogP contribution is -1.78. The number of rotatable bonds is 4. The summed E-state index contributed by atoms with van der Waals surface area (Å²) in [5, 5.41) is 20.2. The molecule has 0 aliphatic carbocycles. The number of fused-ring (bicyclic) bond motifs is 1. The summed E-state index contributed by atoms with van der Waals surface area (Å²) >= 11 is 1.49. The predicted molar refractivity (Wildman–Crippen MR) is 106 cm³/mol. The molecule has 0 bridgehead atoms. The Balaban J connectivity index is 1.71. The van der Waals surface area contributed by atoms with Crippen molar-refractivity contribution < 1.29 is 5.11 Å². The molecule has 0 atom stereocenters. The molecule has 0 aliphatic rings. The van der Waals surface area contributed by atoms with Crippen molar-refractivity contribution in [2.75, 3.05) is 0 Å². The van der Waals surface area contributed by atoms with Gasteiger partial charge in [-0.3, -0.25) is 0 Å². The zero-order valence-electron chi connectivity index (χ0n) is 14.5. The molecule has 0 saturated heterocycles. The second kappa shape index (κ2) is 6.72. The summed E-state index contributed by atoms with van der Waals surface area (Å²) in [6.07, 6.45) is 0.921. The van der Waals surface area contributed by atoms with Crippen LogP contribution in [0.25, 0.3) is 22.2 Å². The van der Waals surface area contributed by atoms with Gasteiger partial charge >= 0.3 is 0 Å². The number of aromatic amines is 1. The summed E-state index contributed by atoms with van der Waals surface area (Å²) < 4.78 is 0. The van der Waals surface area contributed by atoms with Crippen LogP contribution < -0.4 is 0 Å². The van der Waals surface area contributed by atoms with Gasteiger partial charge in [0.2, 0.25) is 11.0 Å². The number of thiazole rings is 1. The van der Waals surface area contributed by atoms with Gasteiger partial charge in [-0.1, -0.05) is 54.7 Å². The van der Waals surface area contributed by atoms with Crippen LogP contribution in [0.2, 0.25) is 0 Å². The standard InChI is InChI=1S/C20H18N4OS/c1-3-13-9-10-16-15(11-13)18(19(25)21-16)23-24-20-22-17(12(2)26-20)14-7-5-4-6-8-14/h4-11,21,25H,3H2,1-2H3. The normalized spacial score (nSPS) is 11.6. The molecule has 4 rings (SSSR count). The van der Waals surface area contributed by atoms with E-state index in [9.17, 15) is 5.11 Å².